The second-order valence-corrected chi connectivity index (χ2v) is 14.9. The van der Waals surface area contributed by atoms with Gasteiger partial charge in [-0.3, -0.25) is 4.98 Å². The molecule has 10 aromatic rings. The standard InChI is InChI=1S/C51H34N2/c1-51(2)44-12-5-3-10-42(44)50-49(51)48(43-11-4-6-13-45(43)53-50)35-16-14-31(15-17-35)36-8-7-9-37(30-36)39-23-19-34-20-24-40-38(32-26-28-52-29-27-32)22-18-33-21-25-41(39)47(34)46(33)40/h3-30H,1-2H3. The van der Waals surface area contributed by atoms with Crippen LogP contribution in [0.25, 0.3) is 99.0 Å². The van der Waals surface area contributed by atoms with Gasteiger partial charge >= 0.3 is 0 Å². The number of hydrogen-bond acceptors (Lipinski definition) is 2. The molecule has 0 unspecified atom stereocenters. The fraction of sp³-hybridized carbons (Fsp3) is 0.0588. The first-order valence-electron chi connectivity index (χ1n) is 18.4. The van der Waals surface area contributed by atoms with Gasteiger partial charge in [-0.25, -0.2) is 4.98 Å². The van der Waals surface area contributed by atoms with Crippen molar-refractivity contribution in [1.82, 2.24) is 9.97 Å². The molecule has 11 rings (SSSR count). The molecule has 0 fully saturated rings. The minimum atomic E-state index is -0.160. The lowest BCUT2D eigenvalue weighted by molar-refractivity contribution is 0.662. The minimum Gasteiger partial charge on any atom is -0.265 e. The maximum absolute atomic E-state index is 5.25. The molecule has 2 aromatic heterocycles. The zero-order valence-electron chi connectivity index (χ0n) is 29.6. The molecule has 2 heterocycles. The molecule has 0 aliphatic heterocycles. The molecule has 0 saturated heterocycles. The highest BCUT2D eigenvalue weighted by molar-refractivity contribution is 6.27. The Balaban J connectivity index is 1.03. The van der Waals surface area contributed by atoms with Crippen molar-refractivity contribution in [1.29, 1.82) is 0 Å². The summed E-state index contributed by atoms with van der Waals surface area (Å²) in [6, 6.07) is 58.0. The van der Waals surface area contributed by atoms with E-state index >= 15 is 0 Å². The highest BCUT2D eigenvalue weighted by Gasteiger charge is 2.39. The van der Waals surface area contributed by atoms with Crippen LogP contribution in [-0.2, 0) is 5.41 Å². The molecule has 2 nitrogen and oxygen atoms in total. The lowest BCUT2D eigenvalue weighted by Crippen LogP contribution is -2.16. The number of nitrogens with zero attached hydrogens (tertiary/aromatic N) is 2. The normalized spacial score (nSPS) is 13.2. The van der Waals surface area contributed by atoms with Crippen molar-refractivity contribution >= 4 is 43.2 Å². The molecule has 0 amide bonds. The summed E-state index contributed by atoms with van der Waals surface area (Å²) in [5.41, 5.74) is 15.7. The molecule has 2 heteroatoms. The smallest absolute Gasteiger partial charge is 0.0759 e. The summed E-state index contributed by atoms with van der Waals surface area (Å²) in [5, 5.41) is 8.93. The van der Waals surface area contributed by atoms with Crippen LogP contribution in [-0.4, -0.2) is 9.97 Å². The zero-order valence-corrected chi connectivity index (χ0v) is 29.6. The van der Waals surface area contributed by atoms with E-state index in [4.69, 9.17) is 4.98 Å². The Morgan fingerprint density at radius 2 is 1.06 bits per heavy atom. The van der Waals surface area contributed by atoms with E-state index in [1.165, 1.54) is 98.9 Å². The van der Waals surface area contributed by atoms with Crippen LogP contribution in [0, 0.1) is 0 Å². The highest BCUT2D eigenvalue weighted by Crippen LogP contribution is 2.53. The molecule has 8 aromatic carbocycles. The fourth-order valence-electron chi connectivity index (χ4n) is 9.22. The van der Waals surface area contributed by atoms with Crippen LogP contribution in [0.4, 0.5) is 0 Å². The summed E-state index contributed by atoms with van der Waals surface area (Å²) < 4.78 is 0. The molecule has 0 atom stereocenters. The van der Waals surface area contributed by atoms with Crippen LogP contribution in [0.15, 0.2) is 170 Å². The first kappa shape index (κ1) is 30.0. The summed E-state index contributed by atoms with van der Waals surface area (Å²) in [5.74, 6) is 0. The van der Waals surface area contributed by atoms with E-state index in [1.807, 2.05) is 12.4 Å². The van der Waals surface area contributed by atoms with E-state index in [-0.39, 0.29) is 5.41 Å². The van der Waals surface area contributed by atoms with E-state index in [0.29, 0.717) is 0 Å². The maximum atomic E-state index is 5.25. The maximum Gasteiger partial charge on any atom is 0.0759 e. The van der Waals surface area contributed by atoms with Crippen LogP contribution < -0.4 is 0 Å². The Morgan fingerprint density at radius 1 is 0.434 bits per heavy atom. The van der Waals surface area contributed by atoms with E-state index in [1.54, 1.807) is 0 Å². The lowest BCUT2D eigenvalue weighted by Gasteiger charge is -2.25. The third kappa shape index (κ3) is 4.39. The largest absolute Gasteiger partial charge is 0.265 e. The molecule has 0 saturated carbocycles. The summed E-state index contributed by atoms with van der Waals surface area (Å²) >= 11 is 0. The highest BCUT2D eigenvalue weighted by atomic mass is 14.7. The molecule has 248 valence electrons. The number of fused-ring (bicyclic) bond motifs is 4. The Morgan fingerprint density at radius 3 is 1.81 bits per heavy atom. The Kier molecular flexibility index (Phi) is 6.33. The molecular formula is C51H34N2. The van der Waals surface area contributed by atoms with Crippen LogP contribution in [0.1, 0.15) is 25.0 Å². The van der Waals surface area contributed by atoms with Gasteiger partial charge in [0.1, 0.15) is 0 Å². The Bertz CT molecular complexity index is 3060. The van der Waals surface area contributed by atoms with Crippen molar-refractivity contribution in [2.45, 2.75) is 19.3 Å². The van der Waals surface area contributed by atoms with Gasteiger partial charge in [0.2, 0.25) is 0 Å². The number of para-hydroxylation sites is 1. The van der Waals surface area contributed by atoms with Crippen LogP contribution >= 0.6 is 0 Å². The van der Waals surface area contributed by atoms with E-state index in [2.05, 4.69) is 177 Å². The molecule has 0 N–H and O–H groups in total. The molecule has 1 aliphatic carbocycles. The van der Waals surface area contributed by atoms with E-state index in [9.17, 15) is 0 Å². The molecule has 53 heavy (non-hydrogen) atoms. The first-order chi connectivity index (χ1) is 26.0. The summed E-state index contributed by atoms with van der Waals surface area (Å²) in [7, 11) is 0. The van der Waals surface area contributed by atoms with Gasteiger partial charge in [-0.05, 0) is 112 Å². The predicted octanol–water partition coefficient (Wildman–Crippen LogP) is 13.5. The first-order valence-corrected chi connectivity index (χ1v) is 18.4. The molecule has 0 spiro atoms. The van der Waals surface area contributed by atoms with Gasteiger partial charge in [-0.1, -0.05) is 147 Å². The average molecular weight is 675 g/mol. The second kappa shape index (κ2) is 11.2. The lowest BCUT2D eigenvalue weighted by atomic mass is 9.78. The minimum absolute atomic E-state index is 0.160. The van der Waals surface area contributed by atoms with Crippen molar-refractivity contribution < 1.29 is 0 Å². The molecule has 0 bridgehead atoms. The number of pyridine rings is 2. The van der Waals surface area contributed by atoms with Gasteiger partial charge in [0.15, 0.2) is 0 Å². The Labute approximate surface area is 308 Å². The molecule has 1 aliphatic rings. The van der Waals surface area contributed by atoms with Gasteiger partial charge in [0, 0.05) is 28.8 Å². The van der Waals surface area contributed by atoms with Crippen molar-refractivity contribution in [2.24, 2.45) is 0 Å². The van der Waals surface area contributed by atoms with Crippen LogP contribution in [0.3, 0.4) is 0 Å². The molecule has 0 radical (unpaired) electrons. The Hall–Kier alpha value is -6.64. The summed E-state index contributed by atoms with van der Waals surface area (Å²) in [6.45, 7) is 4.69. The van der Waals surface area contributed by atoms with Crippen molar-refractivity contribution in [2.75, 3.05) is 0 Å². The van der Waals surface area contributed by atoms with Crippen LogP contribution in [0.5, 0.6) is 0 Å². The van der Waals surface area contributed by atoms with Crippen molar-refractivity contribution in [3.63, 3.8) is 0 Å². The van der Waals surface area contributed by atoms with Gasteiger partial charge in [-0.15, -0.1) is 0 Å². The van der Waals surface area contributed by atoms with E-state index in [0.717, 1.165) is 11.2 Å². The number of rotatable bonds is 4. The number of aromatic nitrogens is 2. The fourth-order valence-corrected chi connectivity index (χ4v) is 9.22. The zero-order chi connectivity index (χ0) is 35.3. The third-order valence-corrected chi connectivity index (χ3v) is 11.7. The second-order valence-electron chi connectivity index (χ2n) is 14.9. The molecular weight excluding hydrogens is 641 g/mol. The quantitative estimate of drug-likeness (QED) is 0.174. The van der Waals surface area contributed by atoms with E-state index < -0.39 is 0 Å². The van der Waals surface area contributed by atoms with Crippen LogP contribution in [0.2, 0.25) is 0 Å². The van der Waals surface area contributed by atoms with Gasteiger partial charge < -0.3 is 0 Å². The van der Waals surface area contributed by atoms with Crippen molar-refractivity contribution in [3.8, 4) is 55.8 Å². The van der Waals surface area contributed by atoms with Gasteiger partial charge in [-0.2, -0.15) is 0 Å². The SMILES string of the molecule is CC1(C)c2ccccc2-c2nc3ccccc3c(-c3ccc(-c4cccc(-c5ccc6ccc7c(-c8ccncc8)ccc8ccc5c6c87)c4)cc3)c21. The summed E-state index contributed by atoms with van der Waals surface area (Å²) in [6.07, 6.45) is 3.75. The number of hydrogen-bond donors (Lipinski definition) is 0. The average Bonchev–Trinajstić information content (AvgIpc) is 3.44. The predicted molar refractivity (Wildman–Crippen MR) is 223 cm³/mol. The summed E-state index contributed by atoms with van der Waals surface area (Å²) in [4.78, 5) is 9.50. The topological polar surface area (TPSA) is 25.8 Å². The third-order valence-electron chi connectivity index (χ3n) is 11.7. The monoisotopic (exact) mass is 674 g/mol. The van der Waals surface area contributed by atoms with Crippen molar-refractivity contribution in [3.05, 3.63) is 181 Å². The van der Waals surface area contributed by atoms with Gasteiger partial charge in [0.25, 0.3) is 0 Å². The van der Waals surface area contributed by atoms with Gasteiger partial charge in [0.05, 0.1) is 11.2 Å². The number of benzene rings is 8.